The maximum atomic E-state index is 12.6. The molecule has 0 aliphatic rings. The number of thioether (sulfide) groups is 1. The molecule has 132 valence electrons. The fourth-order valence-electron chi connectivity index (χ4n) is 2.14. The summed E-state index contributed by atoms with van der Waals surface area (Å²) in [6, 6.07) is 6.85. The summed E-state index contributed by atoms with van der Waals surface area (Å²) in [5, 5.41) is 8.38. The summed E-state index contributed by atoms with van der Waals surface area (Å²) in [5.41, 5.74) is 0.408. The summed E-state index contributed by atoms with van der Waals surface area (Å²) in [6.07, 6.45) is 0. The van der Waals surface area contributed by atoms with Gasteiger partial charge in [-0.05, 0) is 32.9 Å². The first-order valence-corrected chi connectivity index (χ1v) is 8.71. The van der Waals surface area contributed by atoms with Crippen molar-refractivity contribution in [2.75, 3.05) is 26.7 Å². The number of likely N-dealkylation sites (N-methyl/N-ethyl adjacent to an activating group) is 2. The van der Waals surface area contributed by atoms with Crippen LogP contribution in [0.5, 0.6) is 0 Å². The summed E-state index contributed by atoms with van der Waals surface area (Å²) >= 11 is 1.12. The number of amides is 2. The van der Waals surface area contributed by atoms with Gasteiger partial charge >= 0.3 is 5.97 Å². The van der Waals surface area contributed by atoms with Crippen LogP contribution in [-0.2, 0) is 9.59 Å². The standard InChI is InChI=1S/C17H24N2O4S/c1-5-19(6-2)15(20)11-18(4)16(21)13-9-7-8-10-14(13)24-12(3)17(22)23/h7-10,12H,5-6,11H2,1-4H3,(H,22,23). The first-order valence-electron chi connectivity index (χ1n) is 7.83. The molecule has 1 atom stereocenters. The average molecular weight is 352 g/mol. The Morgan fingerprint density at radius 2 is 1.75 bits per heavy atom. The highest BCUT2D eigenvalue weighted by atomic mass is 32.2. The van der Waals surface area contributed by atoms with Crippen LogP contribution < -0.4 is 0 Å². The minimum Gasteiger partial charge on any atom is -0.480 e. The second-order valence-electron chi connectivity index (χ2n) is 5.32. The molecular formula is C17H24N2O4S. The Hall–Kier alpha value is -2.02. The molecule has 0 bridgehead atoms. The number of carbonyl (C=O) groups is 3. The average Bonchev–Trinajstić information content (AvgIpc) is 2.55. The smallest absolute Gasteiger partial charge is 0.316 e. The highest BCUT2D eigenvalue weighted by Gasteiger charge is 2.22. The summed E-state index contributed by atoms with van der Waals surface area (Å²) in [4.78, 5) is 39.5. The Morgan fingerprint density at radius 1 is 1.17 bits per heavy atom. The molecule has 0 aromatic heterocycles. The van der Waals surface area contributed by atoms with E-state index in [0.717, 1.165) is 11.8 Å². The van der Waals surface area contributed by atoms with Crippen LogP contribution in [0.4, 0.5) is 0 Å². The SMILES string of the molecule is CCN(CC)C(=O)CN(C)C(=O)c1ccccc1SC(C)C(=O)O. The quantitative estimate of drug-likeness (QED) is 0.726. The van der Waals surface area contributed by atoms with E-state index in [1.54, 1.807) is 43.1 Å². The zero-order valence-electron chi connectivity index (χ0n) is 14.5. The zero-order chi connectivity index (χ0) is 18.3. The van der Waals surface area contributed by atoms with Crippen molar-refractivity contribution < 1.29 is 19.5 Å². The van der Waals surface area contributed by atoms with Crippen molar-refractivity contribution in [2.45, 2.75) is 30.9 Å². The Balaban J connectivity index is 2.91. The number of hydrogen-bond donors (Lipinski definition) is 1. The van der Waals surface area contributed by atoms with Gasteiger partial charge in [-0.25, -0.2) is 0 Å². The molecule has 1 rings (SSSR count). The first kappa shape index (κ1) is 20.0. The summed E-state index contributed by atoms with van der Waals surface area (Å²) in [6.45, 7) is 6.54. The van der Waals surface area contributed by atoms with E-state index in [1.165, 1.54) is 4.90 Å². The van der Waals surface area contributed by atoms with Crippen molar-refractivity contribution in [1.82, 2.24) is 9.80 Å². The predicted octanol–water partition coefficient (Wildman–Crippen LogP) is 2.19. The van der Waals surface area contributed by atoms with Crippen LogP contribution in [0.1, 0.15) is 31.1 Å². The number of nitrogens with zero attached hydrogens (tertiary/aromatic N) is 2. The maximum Gasteiger partial charge on any atom is 0.316 e. The number of carboxylic acid groups (broad SMARTS) is 1. The molecule has 1 N–H and O–H groups in total. The zero-order valence-corrected chi connectivity index (χ0v) is 15.3. The van der Waals surface area contributed by atoms with E-state index in [9.17, 15) is 14.4 Å². The van der Waals surface area contributed by atoms with E-state index < -0.39 is 11.2 Å². The molecule has 1 aromatic rings. The normalized spacial score (nSPS) is 11.7. The largest absolute Gasteiger partial charge is 0.480 e. The molecule has 24 heavy (non-hydrogen) atoms. The number of benzene rings is 1. The Morgan fingerprint density at radius 3 is 2.29 bits per heavy atom. The third kappa shape index (κ3) is 5.26. The molecule has 0 fully saturated rings. The molecule has 0 heterocycles. The van der Waals surface area contributed by atoms with Gasteiger partial charge in [-0.2, -0.15) is 0 Å². The fraction of sp³-hybridized carbons (Fsp3) is 0.471. The molecule has 0 aliphatic carbocycles. The van der Waals surface area contributed by atoms with E-state index in [-0.39, 0.29) is 18.4 Å². The number of rotatable bonds is 8. The topological polar surface area (TPSA) is 77.9 Å². The number of carboxylic acids is 1. The molecule has 0 aliphatic heterocycles. The van der Waals surface area contributed by atoms with Crippen LogP contribution in [0, 0.1) is 0 Å². The fourth-order valence-corrected chi connectivity index (χ4v) is 3.06. The molecule has 7 heteroatoms. The lowest BCUT2D eigenvalue weighted by Crippen LogP contribution is -2.41. The second kappa shape index (κ2) is 9.32. The van der Waals surface area contributed by atoms with Gasteiger partial charge in [0.2, 0.25) is 5.91 Å². The van der Waals surface area contributed by atoms with Gasteiger partial charge in [0.1, 0.15) is 5.25 Å². The van der Waals surface area contributed by atoms with Crippen molar-refractivity contribution in [2.24, 2.45) is 0 Å². The summed E-state index contributed by atoms with van der Waals surface area (Å²) < 4.78 is 0. The van der Waals surface area contributed by atoms with Crippen LogP contribution in [0.15, 0.2) is 29.2 Å². The van der Waals surface area contributed by atoms with Crippen LogP contribution in [-0.4, -0.2) is 64.6 Å². The Labute approximate surface area is 146 Å². The highest BCUT2D eigenvalue weighted by molar-refractivity contribution is 8.00. The molecule has 1 aromatic carbocycles. The van der Waals surface area contributed by atoms with Crippen molar-refractivity contribution in [3.8, 4) is 0 Å². The van der Waals surface area contributed by atoms with E-state index in [4.69, 9.17) is 5.11 Å². The van der Waals surface area contributed by atoms with Gasteiger partial charge in [0.25, 0.3) is 5.91 Å². The number of hydrogen-bond acceptors (Lipinski definition) is 4. The van der Waals surface area contributed by atoms with Gasteiger partial charge in [-0.1, -0.05) is 12.1 Å². The van der Waals surface area contributed by atoms with Gasteiger partial charge in [0.05, 0.1) is 12.1 Å². The van der Waals surface area contributed by atoms with E-state index in [1.807, 2.05) is 13.8 Å². The molecular weight excluding hydrogens is 328 g/mol. The van der Waals surface area contributed by atoms with Crippen molar-refractivity contribution in [3.05, 3.63) is 29.8 Å². The molecule has 0 saturated carbocycles. The van der Waals surface area contributed by atoms with Crippen LogP contribution in [0.3, 0.4) is 0 Å². The second-order valence-corrected chi connectivity index (χ2v) is 6.70. The third-order valence-electron chi connectivity index (χ3n) is 3.60. The third-order valence-corrected chi connectivity index (χ3v) is 4.77. The van der Waals surface area contributed by atoms with Crippen molar-refractivity contribution in [3.63, 3.8) is 0 Å². The molecule has 2 amide bonds. The van der Waals surface area contributed by atoms with Gasteiger partial charge in [-0.15, -0.1) is 11.8 Å². The van der Waals surface area contributed by atoms with E-state index >= 15 is 0 Å². The monoisotopic (exact) mass is 352 g/mol. The van der Waals surface area contributed by atoms with Gasteiger partial charge in [0.15, 0.2) is 0 Å². The van der Waals surface area contributed by atoms with Crippen LogP contribution in [0.2, 0.25) is 0 Å². The predicted molar refractivity (Wildman–Crippen MR) is 94.3 cm³/mol. The minimum absolute atomic E-state index is 0.00595. The van der Waals surface area contributed by atoms with E-state index in [2.05, 4.69) is 0 Å². The van der Waals surface area contributed by atoms with Crippen LogP contribution in [0.25, 0.3) is 0 Å². The van der Waals surface area contributed by atoms with Crippen LogP contribution >= 0.6 is 11.8 Å². The van der Waals surface area contributed by atoms with Gasteiger partial charge in [-0.3, -0.25) is 14.4 Å². The molecule has 0 radical (unpaired) electrons. The summed E-state index contributed by atoms with van der Waals surface area (Å²) in [7, 11) is 1.58. The first-order chi connectivity index (χ1) is 11.3. The molecule has 0 spiro atoms. The molecule has 6 nitrogen and oxygen atoms in total. The van der Waals surface area contributed by atoms with Gasteiger partial charge in [0, 0.05) is 25.0 Å². The summed E-state index contributed by atoms with van der Waals surface area (Å²) in [5.74, 6) is -1.34. The lowest BCUT2D eigenvalue weighted by Gasteiger charge is -2.24. The van der Waals surface area contributed by atoms with Gasteiger partial charge < -0.3 is 14.9 Å². The Kier molecular flexibility index (Phi) is 7.78. The lowest BCUT2D eigenvalue weighted by atomic mass is 10.2. The molecule has 0 saturated heterocycles. The minimum atomic E-state index is -0.938. The maximum absolute atomic E-state index is 12.6. The van der Waals surface area contributed by atoms with Crippen molar-refractivity contribution in [1.29, 1.82) is 0 Å². The Bertz CT molecular complexity index is 602. The number of aliphatic carboxylic acids is 1. The van der Waals surface area contributed by atoms with E-state index in [0.29, 0.717) is 23.5 Å². The highest BCUT2D eigenvalue weighted by Crippen LogP contribution is 2.27. The molecule has 1 unspecified atom stereocenters. The number of carbonyl (C=O) groups excluding carboxylic acids is 2. The van der Waals surface area contributed by atoms with Crippen molar-refractivity contribution >= 4 is 29.5 Å². The lowest BCUT2D eigenvalue weighted by molar-refractivity contribution is -0.136.